The minimum atomic E-state index is -0.889. The number of pyridine rings is 1. The maximum atomic E-state index is 11.3. The first kappa shape index (κ1) is 12.2. The number of carboxylic acid groups (broad SMARTS) is 1. The van der Waals surface area contributed by atoms with Crippen molar-refractivity contribution in [3.05, 3.63) is 30.9 Å². The lowest BCUT2D eigenvalue weighted by atomic mass is 10.0. The molecule has 0 saturated heterocycles. The quantitative estimate of drug-likeness (QED) is 0.886. The van der Waals surface area contributed by atoms with E-state index in [1.807, 2.05) is 13.8 Å². The number of aliphatic carboxylic acids is 1. The lowest BCUT2D eigenvalue weighted by Crippen LogP contribution is -2.24. The van der Waals surface area contributed by atoms with Crippen LogP contribution in [0.25, 0.3) is 11.4 Å². The van der Waals surface area contributed by atoms with Crippen molar-refractivity contribution in [2.75, 3.05) is 0 Å². The summed E-state index contributed by atoms with van der Waals surface area (Å²) in [6.45, 7) is 3.71. The number of nitrogens with zero attached hydrogens (tertiary/aromatic N) is 4. The summed E-state index contributed by atoms with van der Waals surface area (Å²) in [6, 6.07) is 2.88. The van der Waals surface area contributed by atoms with Gasteiger partial charge in [-0.2, -0.15) is 0 Å². The summed E-state index contributed by atoms with van der Waals surface area (Å²) in [5, 5.41) is 17.1. The van der Waals surface area contributed by atoms with Crippen LogP contribution in [0, 0.1) is 5.92 Å². The maximum Gasteiger partial charge on any atom is 0.327 e. The molecule has 0 amide bonds. The summed E-state index contributed by atoms with van der Waals surface area (Å²) in [4.78, 5) is 15.3. The summed E-state index contributed by atoms with van der Waals surface area (Å²) in [5.41, 5.74) is 0.800. The van der Waals surface area contributed by atoms with E-state index in [1.165, 1.54) is 6.33 Å². The monoisotopic (exact) mass is 246 g/mol. The van der Waals surface area contributed by atoms with Gasteiger partial charge in [-0.05, 0) is 18.1 Å². The van der Waals surface area contributed by atoms with Crippen molar-refractivity contribution in [1.29, 1.82) is 0 Å². The lowest BCUT2D eigenvalue weighted by molar-refractivity contribution is -0.142. The highest BCUT2D eigenvalue weighted by molar-refractivity contribution is 5.73. The first-order valence-corrected chi connectivity index (χ1v) is 5.64. The highest BCUT2D eigenvalue weighted by Gasteiger charge is 2.26. The largest absolute Gasteiger partial charge is 0.480 e. The van der Waals surface area contributed by atoms with E-state index in [1.54, 1.807) is 29.1 Å². The SMILES string of the molecule is CC(C)C(C(=O)O)n1cnnc1-c1ccncc1. The summed E-state index contributed by atoms with van der Waals surface area (Å²) >= 11 is 0. The van der Waals surface area contributed by atoms with Gasteiger partial charge < -0.3 is 5.11 Å². The molecule has 0 aliphatic carbocycles. The Morgan fingerprint density at radius 2 is 2.00 bits per heavy atom. The minimum absolute atomic E-state index is 0.0564. The van der Waals surface area contributed by atoms with Crippen molar-refractivity contribution < 1.29 is 9.90 Å². The molecule has 94 valence electrons. The number of hydrogen-bond acceptors (Lipinski definition) is 4. The van der Waals surface area contributed by atoms with E-state index < -0.39 is 12.0 Å². The van der Waals surface area contributed by atoms with Crippen LogP contribution >= 0.6 is 0 Å². The first-order valence-electron chi connectivity index (χ1n) is 5.64. The second-order valence-corrected chi connectivity index (χ2v) is 4.32. The summed E-state index contributed by atoms with van der Waals surface area (Å²) in [7, 11) is 0. The third kappa shape index (κ3) is 2.22. The molecule has 1 unspecified atom stereocenters. The predicted octanol–water partition coefficient (Wildman–Crippen LogP) is 1.62. The van der Waals surface area contributed by atoms with Gasteiger partial charge in [0.05, 0.1) is 0 Å². The van der Waals surface area contributed by atoms with E-state index in [4.69, 9.17) is 0 Å². The molecule has 0 spiro atoms. The van der Waals surface area contributed by atoms with Gasteiger partial charge in [0.1, 0.15) is 12.4 Å². The second-order valence-electron chi connectivity index (χ2n) is 4.32. The molecular formula is C12H14N4O2. The van der Waals surface area contributed by atoms with Gasteiger partial charge in [0, 0.05) is 18.0 Å². The zero-order valence-corrected chi connectivity index (χ0v) is 10.2. The highest BCUT2D eigenvalue weighted by atomic mass is 16.4. The molecular weight excluding hydrogens is 232 g/mol. The van der Waals surface area contributed by atoms with E-state index >= 15 is 0 Å². The fraction of sp³-hybridized carbons (Fsp3) is 0.333. The van der Waals surface area contributed by atoms with Gasteiger partial charge in [0.15, 0.2) is 5.82 Å². The molecule has 0 fully saturated rings. The molecule has 1 atom stereocenters. The third-order valence-corrected chi connectivity index (χ3v) is 2.70. The fourth-order valence-electron chi connectivity index (χ4n) is 1.88. The standard InChI is InChI=1S/C12H14N4O2/c1-8(2)10(12(17)18)16-7-14-15-11(16)9-3-5-13-6-4-9/h3-8,10H,1-2H3,(H,17,18). The smallest absolute Gasteiger partial charge is 0.327 e. The molecule has 0 aliphatic heterocycles. The van der Waals surface area contributed by atoms with E-state index in [0.29, 0.717) is 5.82 Å². The number of aromatic nitrogens is 4. The molecule has 0 aromatic carbocycles. The van der Waals surface area contributed by atoms with E-state index in [-0.39, 0.29) is 5.92 Å². The number of carbonyl (C=O) groups is 1. The number of rotatable bonds is 4. The van der Waals surface area contributed by atoms with Gasteiger partial charge in [-0.15, -0.1) is 10.2 Å². The Kier molecular flexibility index (Phi) is 3.36. The van der Waals surface area contributed by atoms with Crippen molar-refractivity contribution in [2.45, 2.75) is 19.9 Å². The zero-order valence-electron chi connectivity index (χ0n) is 10.2. The van der Waals surface area contributed by atoms with Gasteiger partial charge >= 0.3 is 5.97 Å². The summed E-state index contributed by atoms with van der Waals surface area (Å²) in [6.07, 6.45) is 4.73. The van der Waals surface area contributed by atoms with Crippen LogP contribution in [0.2, 0.25) is 0 Å². The lowest BCUT2D eigenvalue weighted by Gasteiger charge is -2.19. The normalized spacial score (nSPS) is 12.6. The fourth-order valence-corrected chi connectivity index (χ4v) is 1.88. The molecule has 0 aliphatic rings. The van der Waals surface area contributed by atoms with Gasteiger partial charge in [-0.3, -0.25) is 9.55 Å². The van der Waals surface area contributed by atoms with E-state index in [9.17, 15) is 9.90 Å². The molecule has 0 saturated carbocycles. The van der Waals surface area contributed by atoms with Gasteiger partial charge in [-0.1, -0.05) is 13.8 Å². The Hall–Kier alpha value is -2.24. The third-order valence-electron chi connectivity index (χ3n) is 2.70. The van der Waals surface area contributed by atoms with E-state index in [2.05, 4.69) is 15.2 Å². The van der Waals surface area contributed by atoms with Crippen molar-refractivity contribution in [2.24, 2.45) is 5.92 Å². The van der Waals surface area contributed by atoms with Crippen molar-refractivity contribution in [3.8, 4) is 11.4 Å². The second kappa shape index (κ2) is 4.95. The molecule has 6 nitrogen and oxygen atoms in total. The van der Waals surface area contributed by atoms with Crippen molar-refractivity contribution >= 4 is 5.97 Å². The van der Waals surface area contributed by atoms with Crippen LogP contribution in [-0.2, 0) is 4.79 Å². The molecule has 0 radical (unpaired) electrons. The van der Waals surface area contributed by atoms with Gasteiger partial charge in [0.2, 0.25) is 0 Å². The Labute approximate surface area is 104 Å². The Bertz CT molecular complexity index is 536. The maximum absolute atomic E-state index is 11.3. The Balaban J connectivity index is 2.47. The zero-order chi connectivity index (χ0) is 13.1. The van der Waals surface area contributed by atoms with Crippen LogP contribution in [-0.4, -0.2) is 30.8 Å². The van der Waals surface area contributed by atoms with Crippen LogP contribution < -0.4 is 0 Å². The van der Waals surface area contributed by atoms with Crippen molar-refractivity contribution in [1.82, 2.24) is 19.7 Å². The molecule has 2 rings (SSSR count). The van der Waals surface area contributed by atoms with Crippen molar-refractivity contribution in [3.63, 3.8) is 0 Å². The van der Waals surface area contributed by atoms with E-state index in [0.717, 1.165) is 5.56 Å². The van der Waals surface area contributed by atoms with Crippen LogP contribution in [0.4, 0.5) is 0 Å². The molecule has 1 N–H and O–H groups in total. The van der Waals surface area contributed by atoms with Gasteiger partial charge in [-0.25, -0.2) is 4.79 Å². The van der Waals surface area contributed by atoms with Crippen LogP contribution in [0.15, 0.2) is 30.9 Å². The Morgan fingerprint density at radius 1 is 1.33 bits per heavy atom. The van der Waals surface area contributed by atoms with Crippen LogP contribution in [0.1, 0.15) is 19.9 Å². The average molecular weight is 246 g/mol. The molecule has 0 bridgehead atoms. The number of hydrogen-bond donors (Lipinski definition) is 1. The highest BCUT2D eigenvalue weighted by Crippen LogP contribution is 2.24. The van der Waals surface area contributed by atoms with Gasteiger partial charge in [0.25, 0.3) is 0 Å². The van der Waals surface area contributed by atoms with Crippen LogP contribution in [0.5, 0.6) is 0 Å². The molecule has 2 aromatic rings. The summed E-state index contributed by atoms with van der Waals surface area (Å²) < 4.78 is 1.59. The number of carboxylic acids is 1. The molecule has 6 heteroatoms. The summed E-state index contributed by atoms with van der Waals surface area (Å²) in [5.74, 6) is -0.405. The molecule has 2 heterocycles. The average Bonchev–Trinajstić information content (AvgIpc) is 2.78. The molecule has 2 aromatic heterocycles. The minimum Gasteiger partial charge on any atom is -0.480 e. The predicted molar refractivity (Wildman–Crippen MR) is 64.8 cm³/mol. The van der Waals surface area contributed by atoms with Crippen LogP contribution in [0.3, 0.4) is 0 Å². The first-order chi connectivity index (χ1) is 8.61. The Morgan fingerprint density at radius 3 is 2.56 bits per heavy atom. The topological polar surface area (TPSA) is 80.9 Å². The molecule has 18 heavy (non-hydrogen) atoms.